The average molecular weight is 224 g/mol. The van der Waals surface area contributed by atoms with E-state index in [1.807, 2.05) is 30.6 Å². The molecule has 0 amide bonds. The van der Waals surface area contributed by atoms with E-state index in [1.165, 1.54) is 5.56 Å². The van der Waals surface area contributed by atoms with Crippen molar-refractivity contribution < 1.29 is 0 Å². The molecule has 3 rings (SSSR count). The lowest BCUT2D eigenvalue weighted by Crippen LogP contribution is -1.90. The maximum Gasteiger partial charge on any atom is 0.155 e. The van der Waals surface area contributed by atoms with Crippen LogP contribution in [0.4, 0.5) is 0 Å². The van der Waals surface area contributed by atoms with E-state index >= 15 is 0 Å². The third kappa shape index (κ3) is 1.67. The number of hydrogen-bond acceptors (Lipinski definition) is 3. The summed E-state index contributed by atoms with van der Waals surface area (Å²) in [6.07, 6.45) is 8.32. The number of aryl methyl sites for hydroxylation is 1. The van der Waals surface area contributed by atoms with Gasteiger partial charge >= 0.3 is 0 Å². The number of rotatable bonds is 2. The second-order valence-electron chi connectivity index (χ2n) is 3.84. The van der Waals surface area contributed by atoms with Gasteiger partial charge in [-0.1, -0.05) is 6.92 Å². The molecule has 0 saturated heterocycles. The highest BCUT2D eigenvalue weighted by Crippen LogP contribution is 2.22. The van der Waals surface area contributed by atoms with Crippen LogP contribution >= 0.6 is 0 Å². The van der Waals surface area contributed by atoms with Gasteiger partial charge in [0.15, 0.2) is 5.65 Å². The molecule has 0 fully saturated rings. The van der Waals surface area contributed by atoms with Crippen LogP contribution in [0.2, 0.25) is 0 Å². The van der Waals surface area contributed by atoms with Crippen molar-refractivity contribution in [1.82, 2.24) is 19.6 Å². The Bertz CT molecular complexity index is 624. The molecule has 0 spiro atoms. The van der Waals surface area contributed by atoms with Crippen molar-refractivity contribution in [2.24, 2.45) is 0 Å². The fraction of sp³-hybridized carbons (Fsp3) is 0.154. The fourth-order valence-corrected chi connectivity index (χ4v) is 1.92. The molecule has 0 radical (unpaired) electrons. The molecule has 0 aromatic carbocycles. The van der Waals surface area contributed by atoms with Crippen molar-refractivity contribution in [2.75, 3.05) is 0 Å². The Morgan fingerprint density at radius 1 is 1.29 bits per heavy atom. The van der Waals surface area contributed by atoms with E-state index in [-0.39, 0.29) is 0 Å². The molecule has 4 nitrogen and oxygen atoms in total. The van der Waals surface area contributed by atoms with E-state index in [2.05, 4.69) is 22.0 Å². The van der Waals surface area contributed by atoms with E-state index in [4.69, 9.17) is 0 Å². The van der Waals surface area contributed by atoms with Crippen molar-refractivity contribution in [1.29, 1.82) is 0 Å². The third-order valence-electron chi connectivity index (χ3n) is 2.80. The smallest absolute Gasteiger partial charge is 0.155 e. The quantitative estimate of drug-likeness (QED) is 0.671. The Morgan fingerprint density at radius 2 is 2.24 bits per heavy atom. The van der Waals surface area contributed by atoms with Gasteiger partial charge in [0.2, 0.25) is 0 Å². The first kappa shape index (κ1) is 9.96. The van der Waals surface area contributed by atoms with Crippen LogP contribution in [0.5, 0.6) is 0 Å². The lowest BCUT2D eigenvalue weighted by Gasteiger charge is -2.02. The molecule has 3 aromatic heterocycles. The third-order valence-corrected chi connectivity index (χ3v) is 2.80. The molecule has 0 bridgehead atoms. The highest BCUT2D eigenvalue weighted by Gasteiger charge is 2.08. The summed E-state index contributed by atoms with van der Waals surface area (Å²) in [7, 11) is 0. The van der Waals surface area contributed by atoms with Gasteiger partial charge < -0.3 is 0 Å². The molecule has 4 heteroatoms. The SMILES string of the molecule is CCc1cnccc1-c1cc2ncccn2n1. The van der Waals surface area contributed by atoms with Gasteiger partial charge in [-0.2, -0.15) is 5.10 Å². The van der Waals surface area contributed by atoms with Crippen LogP contribution < -0.4 is 0 Å². The lowest BCUT2D eigenvalue weighted by atomic mass is 10.1. The van der Waals surface area contributed by atoms with Gasteiger partial charge in [-0.3, -0.25) is 4.98 Å². The first-order chi connectivity index (χ1) is 8.38. The monoisotopic (exact) mass is 224 g/mol. The van der Waals surface area contributed by atoms with Crippen LogP contribution in [-0.2, 0) is 6.42 Å². The van der Waals surface area contributed by atoms with Crippen molar-refractivity contribution >= 4 is 5.65 Å². The number of pyridine rings is 1. The van der Waals surface area contributed by atoms with E-state index in [1.54, 1.807) is 16.9 Å². The Labute approximate surface area is 99.0 Å². The molecular formula is C13H12N4. The highest BCUT2D eigenvalue weighted by molar-refractivity contribution is 5.66. The zero-order valence-corrected chi connectivity index (χ0v) is 9.54. The Hall–Kier alpha value is -2.23. The molecule has 0 atom stereocenters. The molecule has 0 N–H and O–H groups in total. The first-order valence-corrected chi connectivity index (χ1v) is 5.62. The van der Waals surface area contributed by atoms with Crippen LogP contribution in [0.1, 0.15) is 12.5 Å². The minimum absolute atomic E-state index is 0.862. The maximum absolute atomic E-state index is 4.52. The average Bonchev–Trinajstić information content (AvgIpc) is 2.82. The number of nitrogens with zero attached hydrogens (tertiary/aromatic N) is 4. The van der Waals surface area contributed by atoms with Crippen LogP contribution in [0, 0.1) is 0 Å². The molecule has 84 valence electrons. The molecule has 0 unspecified atom stereocenters. The number of fused-ring (bicyclic) bond motifs is 1. The van der Waals surface area contributed by atoms with Crippen LogP contribution in [0.25, 0.3) is 16.9 Å². The van der Waals surface area contributed by atoms with Gasteiger partial charge in [0.25, 0.3) is 0 Å². The Balaban J connectivity index is 2.20. The zero-order chi connectivity index (χ0) is 11.7. The summed E-state index contributed by atoms with van der Waals surface area (Å²) >= 11 is 0. The summed E-state index contributed by atoms with van der Waals surface area (Å²) in [5, 5.41) is 4.52. The number of hydrogen-bond donors (Lipinski definition) is 0. The zero-order valence-electron chi connectivity index (χ0n) is 9.54. The Kier molecular flexibility index (Phi) is 2.33. The molecule has 0 aliphatic rings. The second-order valence-corrected chi connectivity index (χ2v) is 3.84. The summed E-state index contributed by atoms with van der Waals surface area (Å²) in [4.78, 5) is 8.41. The lowest BCUT2D eigenvalue weighted by molar-refractivity contribution is 0.941. The second kappa shape index (κ2) is 3.97. The van der Waals surface area contributed by atoms with Crippen LogP contribution in [-0.4, -0.2) is 19.6 Å². The first-order valence-electron chi connectivity index (χ1n) is 5.62. The van der Waals surface area contributed by atoms with Crippen molar-refractivity contribution in [3.8, 4) is 11.3 Å². The van der Waals surface area contributed by atoms with E-state index < -0.39 is 0 Å². The predicted octanol–water partition coefficient (Wildman–Crippen LogP) is 2.35. The molecule has 3 aromatic rings. The van der Waals surface area contributed by atoms with Crippen molar-refractivity contribution in [3.05, 3.63) is 48.5 Å². The summed E-state index contributed by atoms with van der Waals surface area (Å²) < 4.78 is 1.79. The molecule has 3 heterocycles. The fourth-order valence-electron chi connectivity index (χ4n) is 1.92. The largest absolute Gasteiger partial charge is 0.264 e. The van der Waals surface area contributed by atoms with Crippen molar-refractivity contribution in [2.45, 2.75) is 13.3 Å². The summed E-state index contributed by atoms with van der Waals surface area (Å²) in [6, 6.07) is 5.87. The number of aromatic nitrogens is 4. The summed E-state index contributed by atoms with van der Waals surface area (Å²) in [5.74, 6) is 0. The summed E-state index contributed by atoms with van der Waals surface area (Å²) in [5.41, 5.74) is 4.15. The van der Waals surface area contributed by atoms with Crippen molar-refractivity contribution in [3.63, 3.8) is 0 Å². The normalized spacial score (nSPS) is 10.9. The van der Waals surface area contributed by atoms with E-state index in [0.29, 0.717) is 0 Å². The Morgan fingerprint density at radius 3 is 3.06 bits per heavy atom. The molecule has 0 saturated carbocycles. The molecular weight excluding hydrogens is 212 g/mol. The van der Waals surface area contributed by atoms with Gasteiger partial charge in [-0.05, 0) is 24.1 Å². The van der Waals surface area contributed by atoms with Crippen LogP contribution in [0.15, 0.2) is 43.0 Å². The topological polar surface area (TPSA) is 43.1 Å². The standard InChI is InChI=1S/C13H12N4/c1-2-10-9-14-6-4-11(10)12-8-13-15-5-3-7-17(13)16-12/h3-9H,2H2,1H3. The highest BCUT2D eigenvalue weighted by atomic mass is 15.2. The van der Waals surface area contributed by atoms with Gasteiger partial charge in [0.05, 0.1) is 5.69 Å². The maximum atomic E-state index is 4.52. The summed E-state index contributed by atoms with van der Waals surface area (Å²) in [6.45, 7) is 2.12. The molecule has 17 heavy (non-hydrogen) atoms. The van der Waals surface area contributed by atoms with Gasteiger partial charge in [0, 0.05) is 36.4 Å². The minimum Gasteiger partial charge on any atom is -0.264 e. The minimum atomic E-state index is 0.862. The van der Waals surface area contributed by atoms with Gasteiger partial charge in [-0.25, -0.2) is 9.50 Å². The predicted molar refractivity (Wildman–Crippen MR) is 65.6 cm³/mol. The van der Waals surface area contributed by atoms with E-state index in [9.17, 15) is 0 Å². The van der Waals surface area contributed by atoms with E-state index in [0.717, 1.165) is 23.3 Å². The molecule has 0 aliphatic carbocycles. The van der Waals surface area contributed by atoms with Gasteiger partial charge in [-0.15, -0.1) is 0 Å². The van der Waals surface area contributed by atoms with Gasteiger partial charge in [0.1, 0.15) is 0 Å². The molecule has 0 aliphatic heterocycles. The van der Waals surface area contributed by atoms with Crippen LogP contribution in [0.3, 0.4) is 0 Å².